The molecule has 0 aliphatic rings. The van der Waals surface area contributed by atoms with Gasteiger partial charge in [-0.3, -0.25) is 4.98 Å². The van der Waals surface area contributed by atoms with E-state index >= 15 is 0 Å². The van der Waals surface area contributed by atoms with E-state index in [1.807, 2.05) is 24.3 Å². The van der Waals surface area contributed by atoms with Gasteiger partial charge in [-0.25, -0.2) is 0 Å². The fourth-order valence-corrected chi connectivity index (χ4v) is 1.56. The fourth-order valence-electron chi connectivity index (χ4n) is 1.56. The molecule has 1 aromatic heterocycles. The molecule has 2 nitrogen and oxygen atoms in total. The number of rotatable bonds is 4. The summed E-state index contributed by atoms with van der Waals surface area (Å²) in [6.07, 6.45) is 1.89. The Morgan fingerprint density at radius 3 is 2.94 bits per heavy atom. The standard InChI is InChI=1S/C14H16N2/c1-3-11(2)15-10-13-9-8-12-6-4-5-7-14(12)16-13/h3-9,11,15H,1,10H2,2H3. The minimum absolute atomic E-state index is 0.313. The molecule has 0 bridgehead atoms. The summed E-state index contributed by atoms with van der Waals surface area (Å²) in [5.41, 5.74) is 2.11. The highest BCUT2D eigenvalue weighted by atomic mass is 14.9. The SMILES string of the molecule is C=CC(C)NCc1ccc2ccccc2n1. The van der Waals surface area contributed by atoms with Crippen molar-refractivity contribution in [3.8, 4) is 0 Å². The van der Waals surface area contributed by atoms with Crippen LogP contribution in [0, 0.1) is 0 Å². The molecule has 1 heterocycles. The van der Waals surface area contributed by atoms with E-state index in [2.05, 4.69) is 42.0 Å². The molecule has 2 aromatic rings. The monoisotopic (exact) mass is 212 g/mol. The first-order valence-corrected chi connectivity index (χ1v) is 5.50. The summed E-state index contributed by atoms with van der Waals surface area (Å²) in [5.74, 6) is 0. The molecule has 0 radical (unpaired) electrons. The van der Waals surface area contributed by atoms with Crippen LogP contribution in [-0.2, 0) is 6.54 Å². The van der Waals surface area contributed by atoms with Crippen LogP contribution >= 0.6 is 0 Å². The Balaban J connectivity index is 2.16. The second-order valence-corrected chi connectivity index (χ2v) is 3.90. The van der Waals surface area contributed by atoms with Gasteiger partial charge >= 0.3 is 0 Å². The van der Waals surface area contributed by atoms with E-state index in [1.165, 1.54) is 5.39 Å². The topological polar surface area (TPSA) is 24.9 Å². The number of benzene rings is 1. The van der Waals surface area contributed by atoms with E-state index < -0.39 is 0 Å². The van der Waals surface area contributed by atoms with Crippen LogP contribution in [0.2, 0.25) is 0 Å². The Hall–Kier alpha value is -1.67. The molecule has 1 aromatic carbocycles. The summed E-state index contributed by atoms with van der Waals surface area (Å²) >= 11 is 0. The number of hydrogen-bond acceptors (Lipinski definition) is 2. The van der Waals surface area contributed by atoms with Gasteiger partial charge in [0.25, 0.3) is 0 Å². The highest BCUT2D eigenvalue weighted by Gasteiger charge is 1.99. The van der Waals surface area contributed by atoms with Crippen LogP contribution in [0.15, 0.2) is 49.1 Å². The van der Waals surface area contributed by atoms with Crippen molar-refractivity contribution < 1.29 is 0 Å². The van der Waals surface area contributed by atoms with Crippen LogP contribution in [0.5, 0.6) is 0 Å². The molecule has 16 heavy (non-hydrogen) atoms. The van der Waals surface area contributed by atoms with Crippen molar-refractivity contribution in [2.75, 3.05) is 0 Å². The lowest BCUT2D eigenvalue weighted by Gasteiger charge is -2.08. The van der Waals surface area contributed by atoms with Crippen LogP contribution in [0.4, 0.5) is 0 Å². The lowest BCUT2D eigenvalue weighted by molar-refractivity contribution is 0.626. The van der Waals surface area contributed by atoms with Crippen LogP contribution in [-0.4, -0.2) is 11.0 Å². The Morgan fingerprint density at radius 1 is 1.31 bits per heavy atom. The van der Waals surface area contributed by atoms with Gasteiger partial charge < -0.3 is 5.32 Å². The molecule has 0 saturated heterocycles. The average molecular weight is 212 g/mol. The Labute approximate surface area is 96.0 Å². The molecule has 0 amide bonds. The third-order valence-corrected chi connectivity index (χ3v) is 2.61. The largest absolute Gasteiger partial charge is 0.305 e. The van der Waals surface area contributed by atoms with Crippen molar-refractivity contribution >= 4 is 10.9 Å². The zero-order chi connectivity index (χ0) is 11.4. The Kier molecular flexibility index (Phi) is 3.32. The van der Waals surface area contributed by atoms with E-state index in [0.29, 0.717) is 6.04 Å². The molecule has 2 heteroatoms. The van der Waals surface area contributed by atoms with Crippen molar-refractivity contribution in [3.05, 3.63) is 54.7 Å². The van der Waals surface area contributed by atoms with E-state index in [9.17, 15) is 0 Å². The molecule has 0 fully saturated rings. The van der Waals surface area contributed by atoms with Gasteiger partial charge in [0.15, 0.2) is 0 Å². The van der Waals surface area contributed by atoms with E-state index in [4.69, 9.17) is 0 Å². The van der Waals surface area contributed by atoms with E-state index in [-0.39, 0.29) is 0 Å². The van der Waals surface area contributed by atoms with Gasteiger partial charge in [-0.15, -0.1) is 6.58 Å². The Morgan fingerprint density at radius 2 is 2.12 bits per heavy atom. The van der Waals surface area contributed by atoms with Crippen LogP contribution in [0.25, 0.3) is 10.9 Å². The van der Waals surface area contributed by atoms with Crippen LogP contribution < -0.4 is 5.32 Å². The molecular weight excluding hydrogens is 196 g/mol. The second kappa shape index (κ2) is 4.90. The number of nitrogens with one attached hydrogen (secondary N) is 1. The summed E-state index contributed by atoms with van der Waals surface area (Å²) in [6.45, 7) is 6.59. The zero-order valence-corrected chi connectivity index (χ0v) is 9.48. The van der Waals surface area contributed by atoms with E-state index in [1.54, 1.807) is 0 Å². The van der Waals surface area contributed by atoms with Gasteiger partial charge in [0.2, 0.25) is 0 Å². The minimum Gasteiger partial charge on any atom is -0.305 e. The first kappa shape index (κ1) is 10.8. The maximum Gasteiger partial charge on any atom is 0.0705 e. The molecule has 0 aliphatic carbocycles. The number of hydrogen-bond donors (Lipinski definition) is 1. The van der Waals surface area contributed by atoms with Gasteiger partial charge in [-0.05, 0) is 19.1 Å². The lowest BCUT2D eigenvalue weighted by atomic mass is 10.2. The summed E-state index contributed by atoms with van der Waals surface area (Å²) in [6, 6.07) is 12.6. The predicted molar refractivity (Wildman–Crippen MR) is 68.2 cm³/mol. The molecular formula is C14H16N2. The molecule has 82 valence electrons. The molecule has 1 N–H and O–H groups in total. The van der Waals surface area contributed by atoms with Crippen molar-refractivity contribution in [2.24, 2.45) is 0 Å². The number of nitrogens with zero attached hydrogens (tertiary/aromatic N) is 1. The van der Waals surface area contributed by atoms with Crippen molar-refractivity contribution in [1.82, 2.24) is 10.3 Å². The second-order valence-electron chi connectivity index (χ2n) is 3.90. The van der Waals surface area contributed by atoms with Crippen molar-refractivity contribution in [3.63, 3.8) is 0 Å². The first-order chi connectivity index (χ1) is 7.79. The number of aromatic nitrogens is 1. The zero-order valence-electron chi connectivity index (χ0n) is 9.48. The maximum atomic E-state index is 4.58. The van der Waals surface area contributed by atoms with E-state index in [0.717, 1.165) is 17.8 Å². The average Bonchev–Trinajstić information content (AvgIpc) is 2.35. The van der Waals surface area contributed by atoms with Crippen LogP contribution in [0.1, 0.15) is 12.6 Å². The van der Waals surface area contributed by atoms with Crippen molar-refractivity contribution in [2.45, 2.75) is 19.5 Å². The fraction of sp³-hybridized carbons (Fsp3) is 0.214. The van der Waals surface area contributed by atoms with Gasteiger partial charge in [0.1, 0.15) is 0 Å². The molecule has 2 rings (SSSR count). The van der Waals surface area contributed by atoms with Crippen LogP contribution in [0.3, 0.4) is 0 Å². The maximum absolute atomic E-state index is 4.58. The summed E-state index contributed by atoms with van der Waals surface area (Å²) in [5, 5.41) is 4.52. The first-order valence-electron chi connectivity index (χ1n) is 5.50. The van der Waals surface area contributed by atoms with Gasteiger partial charge in [0, 0.05) is 18.0 Å². The number of para-hydroxylation sites is 1. The third-order valence-electron chi connectivity index (χ3n) is 2.61. The quantitative estimate of drug-likeness (QED) is 0.788. The number of pyridine rings is 1. The normalized spacial score (nSPS) is 12.6. The number of fused-ring (bicyclic) bond motifs is 1. The van der Waals surface area contributed by atoms with Gasteiger partial charge in [-0.1, -0.05) is 30.3 Å². The smallest absolute Gasteiger partial charge is 0.0705 e. The summed E-state index contributed by atoms with van der Waals surface area (Å²) < 4.78 is 0. The Bertz CT molecular complexity index is 491. The molecule has 0 aliphatic heterocycles. The molecule has 0 saturated carbocycles. The van der Waals surface area contributed by atoms with Gasteiger partial charge in [0.05, 0.1) is 11.2 Å². The van der Waals surface area contributed by atoms with Crippen molar-refractivity contribution in [1.29, 1.82) is 0 Å². The highest BCUT2D eigenvalue weighted by molar-refractivity contribution is 5.78. The highest BCUT2D eigenvalue weighted by Crippen LogP contribution is 2.11. The minimum atomic E-state index is 0.313. The molecule has 1 atom stereocenters. The summed E-state index contributed by atoms with van der Waals surface area (Å²) in [7, 11) is 0. The van der Waals surface area contributed by atoms with Gasteiger partial charge in [-0.2, -0.15) is 0 Å². The lowest BCUT2D eigenvalue weighted by Crippen LogP contribution is -2.23. The molecule has 1 unspecified atom stereocenters. The summed E-state index contributed by atoms with van der Waals surface area (Å²) in [4.78, 5) is 4.58. The third kappa shape index (κ3) is 2.47. The predicted octanol–water partition coefficient (Wildman–Crippen LogP) is 2.90. The molecule has 0 spiro atoms.